The first kappa shape index (κ1) is 15.4. The number of nitrogens with zero attached hydrogens (tertiary/aromatic N) is 2. The Hall–Kier alpha value is -1.99. The molecule has 1 heterocycles. The van der Waals surface area contributed by atoms with Crippen LogP contribution in [-0.4, -0.2) is 22.0 Å². The lowest BCUT2D eigenvalue weighted by Gasteiger charge is -2.10. The zero-order valence-corrected chi connectivity index (χ0v) is 12.5. The molecule has 0 N–H and O–H groups in total. The highest BCUT2D eigenvalue weighted by Crippen LogP contribution is 2.19. The summed E-state index contributed by atoms with van der Waals surface area (Å²) in [6.45, 7) is 2.99. The van der Waals surface area contributed by atoms with Crippen molar-refractivity contribution in [1.82, 2.24) is 9.55 Å². The Morgan fingerprint density at radius 1 is 1.43 bits per heavy atom. The summed E-state index contributed by atoms with van der Waals surface area (Å²) in [5, 5.41) is 0. The Morgan fingerprint density at radius 3 is 3.00 bits per heavy atom. The third-order valence-corrected chi connectivity index (χ3v) is 3.09. The topological polar surface area (TPSA) is 27.1 Å². The van der Waals surface area contributed by atoms with Gasteiger partial charge in [0.2, 0.25) is 0 Å². The monoisotopic (exact) mass is 306 g/mol. The minimum Gasteiger partial charge on any atom is -0.490 e. The Balaban J connectivity index is 2.03. The molecular formula is C16H16ClFN2O. The van der Waals surface area contributed by atoms with Gasteiger partial charge in [-0.2, -0.15) is 0 Å². The van der Waals surface area contributed by atoms with Gasteiger partial charge in [-0.05, 0) is 19.1 Å². The van der Waals surface area contributed by atoms with Crippen LogP contribution < -0.4 is 4.74 Å². The second-order valence-electron chi connectivity index (χ2n) is 4.40. The van der Waals surface area contributed by atoms with Crippen molar-refractivity contribution in [3.05, 3.63) is 47.8 Å². The second-order valence-corrected chi connectivity index (χ2v) is 4.78. The Bertz CT molecular complexity index is 658. The van der Waals surface area contributed by atoms with Crippen LogP contribution in [0.1, 0.15) is 17.8 Å². The van der Waals surface area contributed by atoms with E-state index in [1.54, 1.807) is 12.3 Å². The van der Waals surface area contributed by atoms with E-state index in [1.807, 2.05) is 17.7 Å². The number of hydrogen-bond acceptors (Lipinski definition) is 2. The molecule has 0 aliphatic heterocycles. The van der Waals surface area contributed by atoms with Crippen molar-refractivity contribution in [3.8, 4) is 17.6 Å². The lowest BCUT2D eigenvalue weighted by Crippen LogP contribution is -2.09. The molecule has 1 aromatic heterocycles. The van der Waals surface area contributed by atoms with Gasteiger partial charge in [0.15, 0.2) is 0 Å². The summed E-state index contributed by atoms with van der Waals surface area (Å²) in [5.74, 6) is 7.38. The molecule has 2 aromatic rings. The first-order valence-electron chi connectivity index (χ1n) is 6.65. The summed E-state index contributed by atoms with van der Waals surface area (Å²) in [7, 11) is 0. The summed E-state index contributed by atoms with van der Waals surface area (Å²) in [6, 6.07) is 4.34. The van der Waals surface area contributed by atoms with E-state index < -0.39 is 0 Å². The van der Waals surface area contributed by atoms with Crippen LogP contribution in [0.2, 0.25) is 0 Å². The average Bonchev–Trinajstić information content (AvgIpc) is 2.87. The second kappa shape index (κ2) is 7.70. The van der Waals surface area contributed by atoms with Crippen molar-refractivity contribution in [2.45, 2.75) is 19.9 Å². The van der Waals surface area contributed by atoms with Gasteiger partial charge in [0.05, 0.1) is 12.1 Å². The van der Waals surface area contributed by atoms with Gasteiger partial charge in [0, 0.05) is 30.8 Å². The Labute approximate surface area is 128 Å². The molecule has 0 fully saturated rings. The van der Waals surface area contributed by atoms with Crippen molar-refractivity contribution in [3.63, 3.8) is 0 Å². The molecule has 0 spiro atoms. The largest absolute Gasteiger partial charge is 0.490 e. The van der Waals surface area contributed by atoms with Crippen LogP contribution in [-0.2, 0) is 6.54 Å². The molecule has 0 saturated heterocycles. The van der Waals surface area contributed by atoms with Crippen LogP contribution in [0.3, 0.4) is 0 Å². The fourth-order valence-corrected chi connectivity index (χ4v) is 1.91. The van der Waals surface area contributed by atoms with Gasteiger partial charge >= 0.3 is 0 Å². The van der Waals surface area contributed by atoms with Gasteiger partial charge in [0.25, 0.3) is 0 Å². The third-order valence-electron chi connectivity index (χ3n) is 2.90. The van der Waals surface area contributed by atoms with E-state index in [9.17, 15) is 4.39 Å². The quantitative estimate of drug-likeness (QED) is 0.625. The molecule has 0 aliphatic rings. The first-order valence-corrected chi connectivity index (χ1v) is 7.19. The lowest BCUT2D eigenvalue weighted by atomic mass is 10.2. The maximum Gasteiger partial charge on any atom is 0.137 e. The average molecular weight is 307 g/mol. The van der Waals surface area contributed by atoms with Crippen LogP contribution in [0.15, 0.2) is 30.6 Å². The summed E-state index contributed by atoms with van der Waals surface area (Å²) in [5.41, 5.74) is 0.670. The van der Waals surface area contributed by atoms with Crippen LogP contribution in [0.4, 0.5) is 4.39 Å². The smallest absolute Gasteiger partial charge is 0.137 e. The minimum atomic E-state index is -0.341. The van der Waals surface area contributed by atoms with Crippen molar-refractivity contribution in [2.75, 3.05) is 12.5 Å². The summed E-state index contributed by atoms with van der Waals surface area (Å²) < 4.78 is 21.0. The number of halogens is 2. The Morgan fingerprint density at radius 2 is 2.29 bits per heavy atom. The summed E-state index contributed by atoms with van der Waals surface area (Å²) in [6.07, 6.45) is 4.21. The van der Waals surface area contributed by atoms with E-state index in [1.165, 1.54) is 12.1 Å². The molecule has 0 unspecified atom stereocenters. The number of benzene rings is 1. The van der Waals surface area contributed by atoms with Gasteiger partial charge in [-0.3, -0.25) is 0 Å². The van der Waals surface area contributed by atoms with Gasteiger partial charge in [-0.15, -0.1) is 11.6 Å². The standard InChI is InChI=1S/C16H16ClFN2O/c1-13-19-8-9-20(13)10-11-21-16-12-15(18)6-5-14(16)4-2-3-7-17/h5-6,8-9,12H,3,7,10-11H2,1H3. The van der Waals surface area contributed by atoms with E-state index in [4.69, 9.17) is 16.3 Å². The molecular weight excluding hydrogens is 291 g/mol. The van der Waals surface area contributed by atoms with Crippen molar-refractivity contribution >= 4 is 11.6 Å². The fourth-order valence-electron chi connectivity index (χ4n) is 1.82. The van der Waals surface area contributed by atoms with Crippen molar-refractivity contribution in [2.24, 2.45) is 0 Å². The first-order chi connectivity index (χ1) is 10.2. The number of imidazole rings is 1. The molecule has 3 nitrogen and oxygen atoms in total. The van der Waals surface area contributed by atoms with Crippen molar-refractivity contribution in [1.29, 1.82) is 0 Å². The molecule has 0 amide bonds. The number of aromatic nitrogens is 2. The number of ether oxygens (including phenoxy) is 1. The highest BCUT2D eigenvalue weighted by Gasteiger charge is 2.04. The number of aryl methyl sites for hydroxylation is 1. The van der Waals surface area contributed by atoms with Crippen LogP contribution >= 0.6 is 11.6 Å². The zero-order chi connectivity index (χ0) is 15.1. The van der Waals surface area contributed by atoms with Crippen LogP contribution in [0, 0.1) is 24.6 Å². The maximum atomic E-state index is 13.3. The highest BCUT2D eigenvalue weighted by atomic mass is 35.5. The van der Waals surface area contributed by atoms with Gasteiger partial charge < -0.3 is 9.30 Å². The molecule has 0 aliphatic carbocycles. The normalized spacial score (nSPS) is 10.0. The van der Waals surface area contributed by atoms with Gasteiger partial charge in [0.1, 0.15) is 24.0 Å². The molecule has 0 saturated carbocycles. The van der Waals surface area contributed by atoms with Gasteiger partial charge in [-0.25, -0.2) is 9.37 Å². The van der Waals surface area contributed by atoms with Crippen LogP contribution in [0.5, 0.6) is 5.75 Å². The van der Waals surface area contributed by atoms with E-state index in [0.29, 0.717) is 36.8 Å². The number of alkyl halides is 1. The SMILES string of the molecule is Cc1nccn1CCOc1cc(F)ccc1C#CCCCl. The third kappa shape index (κ3) is 4.51. The molecule has 1 aromatic carbocycles. The minimum absolute atomic E-state index is 0.341. The lowest BCUT2D eigenvalue weighted by molar-refractivity contribution is 0.295. The predicted octanol–water partition coefficient (Wildman–Crippen LogP) is 3.39. The predicted molar refractivity (Wildman–Crippen MR) is 81.1 cm³/mol. The molecule has 21 heavy (non-hydrogen) atoms. The Kier molecular flexibility index (Phi) is 5.65. The van der Waals surface area contributed by atoms with Crippen LogP contribution in [0.25, 0.3) is 0 Å². The highest BCUT2D eigenvalue weighted by molar-refractivity contribution is 6.18. The molecule has 0 bridgehead atoms. The maximum absolute atomic E-state index is 13.3. The van der Waals surface area contributed by atoms with E-state index >= 15 is 0 Å². The molecule has 0 atom stereocenters. The molecule has 110 valence electrons. The molecule has 2 rings (SSSR count). The molecule has 0 radical (unpaired) electrons. The van der Waals surface area contributed by atoms with Crippen molar-refractivity contribution < 1.29 is 9.13 Å². The van der Waals surface area contributed by atoms with E-state index in [-0.39, 0.29) is 5.82 Å². The number of hydrogen-bond donors (Lipinski definition) is 0. The van der Waals surface area contributed by atoms with Gasteiger partial charge in [-0.1, -0.05) is 11.8 Å². The van der Waals surface area contributed by atoms with E-state index in [0.717, 1.165) is 5.82 Å². The summed E-state index contributed by atoms with van der Waals surface area (Å²) in [4.78, 5) is 4.14. The van der Waals surface area contributed by atoms with E-state index in [2.05, 4.69) is 16.8 Å². The summed E-state index contributed by atoms with van der Waals surface area (Å²) >= 11 is 5.59. The number of rotatable bonds is 5. The fraction of sp³-hybridized carbons (Fsp3) is 0.312. The zero-order valence-electron chi connectivity index (χ0n) is 11.8. The molecule has 5 heteroatoms.